The summed E-state index contributed by atoms with van der Waals surface area (Å²) >= 11 is 0. The van der Waals surface area contributed by atoms with E-state index in [0.29, 0.717) is 0 Å². The summed E-state index contributed by atoms with van der Waals surface area (Å²) in [6.07, 6.45) is -21.0. The zero-order valence-electron chi connectivity index (χ0n) is 15.5. The molecule has 0 aromatic carbocycles. The van der Waals surface area contributed by atoms with E-state index >= 15 is 0 Å². The molecule has 0 aliphatic heterocycles. The Hall–Kier alpha value is -1.02. The van der Waals surface area contributed by atoms with Gasteiger partial charge in [-0.2, -0.15) is 0 Å². The molecule has 0 heterocycles. The minimum absolute atomic E-state index is 0. The van der Waals surface area contributed by atoms with Crippen LogP contribution in [0.2, 0.25) is 0 Å². The van der Waals surface area contributed by atoms with Crippen molar-refractivity contribution in [1.29, 1.82) is 0 Å². The van der Waals surface area contributed by atoms with Crippen LogP contribution in [0, 0.1) is 0 Å². The number of carbonyl (C=O) groups is 2. The molecule has 0 unspecified atom stereocenters. The number of carbonyl (C=O) groups excluding carboxylic acids is 2. The Balaban J connectivity index is -0.000000490. The van der Waals surface area contributed by atoms with E-state index in [1.165, 1.54) is 0 Å². The first-order chi connectivity index (χ1) is 13.6. The van der Waals surface area contributed by atoms with Gasteiger partial charge in [0.05, 0.1) is 25.2 Å². The number of rotatable bonds is 12. The Morgan fingerprint density at radius 3 is 0.903 bits per heavy atom. The van der Waals surface area contributed by atoms with Gasteiger partial charge in [-0.3, -0.25) is 0 Å². The third kappa shape index (κ3) is 11.4. The van der Waals surface area contributed by atoms with Gasteiger partial charge in [-0.15, -0.1) is 0 Å². The third-order valence-electron chi connectivity index (χ3n) is 3.69. The molecule has 16 nitrogen and oxygen atoms in total. The van der Waals surface area contributed by atoms with E-state index in [2.05, 4.69) is 0 Å². The summed E-state index contributed by atoms with van der Waals surface area (Å²) in [7, 11) is 0. The average molecular weight is 506 g/mol. The molecule has 0 aromatic heterocycles. The van der Waals surface area contributed by atoms with Crippen molar-refractivity contribution in [3.05, 3.63) is 0 Å². The number of aliphatic hydroxyl groups excluding tert-OH is 12. The number of carboxylic acid groups (broad SMARTS) is 2. The molecule has 0 radical (unpaired) electrons. The topological polar surface area (TPSA) is 323 Å². The summed E-state index contributed by atoms with van der Waals surface area (Å²) in [6.45, 7) is -1.79. The minimum Gasteiger partial charge on any atom is -0.547 e. The Morgan fingerprint density at radius 2 is 0.742 bits per heavy atom. The monoisotopic (exact) mass is 506 g/mol. The van der Waals surface area contributed by atoms with Crippen LogP contribution in [0.4, 0.5) is 0 Å². The minimum atomic E-state index is -2.40. The molecule has 12 N–H and O–H groups in total. The Kier molecular flexibility index (Phi) is 18.5. The first-order valence-electron chi connectivity index (χ1n) is 8.09. The Bertz CT molecular complexity index is 465. The molecular formula is C14H26FeO16. The normalized spacial score (nSPS) is 20.8. The maximum atomic E-state index is 10.1. The first kappa shape index (κ1) is 34.6. The van der Waals surface area contributed by atoms with Crippen molar-refractivity contribution >= 4 is 11.9 Å². The van der Waals surface area contributed by atoms with Crippen molar-refractivity contribution in [1.82, 2.24) is 0 Å². The van der Waals surface area contributed by atoms with Gasteiger partial charge in [0.1, 0.15) is 61.0 Å². The predicted octanol–water partition coefficient (Wildman–Crippen LogP) is -10.9. The molecule has 0 aromatic rings. The van der Waals surface area contributed by atoms with Gasteiger partial charge in [0, 0.05) is 0 Å². The standard InChI is InChI=1S/2C7H14O8.Fe/c2*8-1-2(9)3(10)4(11)5(12)6(13)7(14)15;/h2*2-6,8-13H,1H2,(H,14,15);/q;;+2/p-2/t2*2-,3-,4+,5-,6-;/m00./s1. The van der Waals surface area contributed by atoms with Crippen LogP contribution in [-0.2, 0) is 26.7 Å². The molecule has 0 rings (SSSR count). The fourth-order valence-electron chi connectivity index (χ4n) is 1.73. The van der Waals surface area contributed by atoms with E-state index in [1.807, 2.05) is 0 Å². The second kappa shape index (κ2) is 16.6. The van der Waals surface area contributed by atoms with Crippen molar-refractivity contribution in [2.45, 2.75) is 61.0 Å². The molecular weight excluding hydrogens is 480 g/mol. The van der Waals surface area contributed by atoms with Gasteiger partial charge < -0.3 is 81.1 Å². The molecule has 0 fully saturated rings. The van der Waals surface area contributed by atoms with Crippen molar-refractivity contribution in [2.24, 2.45) is 0 Å². The second-order valence-electron chi connectivity index (χ2n) is 5.97. The SMILES string of the molecule is O=C([O-])[C@@H](O)[C@@H](O)[C@H](O)[C@@H](O)[C@@H](O)CO.O=C([O-])[C@@H](O)[C@@H](O)[C@H](O)[C@@H](O)[C@@H](O)CO.[Fe+2]. The second-order valence-corrected chi connectivity index (χ2v) is 5.97. The molecule has 0 bridgehead atoms. The molecule has 0 saturated carbocycles. The molecule has 0 spiro atoms. The van der Waals surface area contributed by atoms with Crippen LogP contribution in [0.1, 0.15) is 0 Å². The maximum Gasteiger partial charge on any atom is 2.00 e. The quantitative estimate of drug-likeness (QED) is 0.109. The third-order valence-corrected chi connectivity index (χ3v) is 3.69. The fraction of sp³-hybridized carbons (Fsp3) is 0.857. The Morgan fingerprint density at radius 1 is 0.516 bits per heavy atom. The van der Waals surface area contributed by atoms with E-state index < -0.39 is 86.2 Å². The molecule has 0 aliphatic carbocycles. The summed E-state index contributed by atoms with van der Waals surface area (Å²) in [5, 5.41) is 126. The summed E-state index contributed by atoms with van der Waals surface area (Å²) in [6, 6.07) is 0. The number of aliphatic hydroxyl groups is 12. The van der Waals surface area contributed by atoms with Gasteiger partial charge in [0.15, 0.2) is 0 Å². The predicted molar refractivity (Wildman–Crippen MR) is 84.3 cm³/mol. The van der Waals surface area contributed by atoms with Crippen LogP contribution in [0.15, 0.2) is 0 Å². The van der Waals surface area contributed by atoms with Crippen molar-refractivity contribution in [2.75, 3.05) is 13.2 Å². The number of hydrogen-bond donors (Lipinski definition) is 12. The Labute approximate surface area is 185 Å². The zero-order valence-corrected chi connectivity index (χ0v) is 16.6. The summed E-state index contributed by atoms with van der Waals surface area (Å²) in [5.41, 5.74) is 0. The van der Waals surface area contributed by atoms with E-state index in [1.54, 1.807) is 0 Å². The molecule has 0 aliphatic rings. The molecule has 0 saturated heterocycles. The van der Waals surface area contributed by atoms with Gasteiger partial charge in [-0.25, -0.2) is 0 Å². The largest absolute Gasteiger partial charge is 2.00 e. The van der Waals surface area contributed by atoms with Crippen LogP contribution in [0.25, 0.3) is 0 Å². The fourth-order valence-corrected chi connectivity index (χ4v) is 1.73. The zero-order chi connectivity index (χ0) is 24.3. The van der Waals surface area contributed by atoms with Gasteiger partial charge in [0.2, 0.25) is 0 Å². The van der Waals surface area contributed by atoms with Crippen molar-refractivity contribution < 1.29 is 98.1 Å². The molecule has 0 amide bonds. The van der Waals surface area contributed by atoms with Gasteiger partial charge in [0.25, 0.3) is 0 Å². The average Bonchev–Trinajstić information content (AvgIpc) is 2.73. The summed E-state index contributed by atoms with van der Waals surface area (Å²) < 4.78 is 0. The first-order valence-corrected chi connectivity index (χ1v) is 8.09. The van der Waals surface area contributed by atoms with E-state index in [4.69, 9.17) is 61.3 Å². The van der Waals surface area contributed by atoms with E-state index in [-0.39, 0.29) is 17.1 Å². The van der Waals surface area contributed by atoms with Gasteiger partial charge in [-0.1, -0.05) is 0 Å². The van der Waals surface area contributed by atoms with Crippen LogP contribution in [0.5, 0.6) is 0 Å². The summed E-state index contributed by atoms with van der Waals surface area (Å²) in [4.78, 5) is 20.2. The summed E-state index contributed by atoms with van der Waals surface area (Å²) in [5.74, 6) is -4.07. The van der Waals surface area contributed by atoms with Crippen LogP contribution >= 0.6 is 0 Å². The van der Waals surface area contributed by atoms with Crippen molar-refractivity contribution in [3.8, 4) is 0 Å². The van der Waals surface area contributed by atoms with Crippen LogP contribution in [0.3, 0.4) is 0 Å². The molecule has 10 atom stereocenters. The number of aliphatic carboxylic acids is 2. The van der Waals surface area contributed by atoms with Gasteiger partial charge >= 0.3 is 17.1 Å². The van der Waals surface area contributed by atoms with E-state index in [0.717, 1.165) is 0 Å². The molecule has 17 heteroatoms. The number of hydrogen-bond acceptors (Lipinski definition) is 16. The smallest absolute Gasteiger partial charge is 0.547 e. The molecule has 186 valence electrons. The van der Waals surface area contributed by atoms with Crippen LogP contribution < -0.4 is 10.2 Å². The van der Waals surface area contributed by atoms with E-state index in [9.17, 15) is 19.8 Å². The van der Waals surface area contributed by atoms with Crippen molar-refractivity contribution in [3.63, 3.8) is 0 Å². The molecule has 31 heavy (non-hydrogen) atoms. The maximum absolute atomic E-state index is 10.1. The number of carboxylic acids is 2. The van der Waals surface area contributed by atoms with Crippen LogP contribution in [-0.4, -0.2) is 147 Å². The van der Waals surface area contributed by atoms with Gasteiger partial charge in [-0.05, 0) is 0 Å².